The van der Waals surface area contributed by atoms with Gasteiger partial charge in [-0.2, -0.15) is 5.10 Å². The standard InChI is InChI=1S/C15H21ClN4/c1-11(2)19-7-5-12(6-8-19)9-14-17-15-4-3-13(16)10-20(15)18-14/h3-4,10-12H,5-9H2,1-2H3. The highest BCUT2D eigenvalue weighted by atomic mass is 35.5. The van der Waals surface area contributed by atoms with Gasteiger partial charge in [-0.05, 0) is 57.8 Å². The minimum Gasteiger partial charge on any atom is -0.301 e. The maximum Gasteiger partial charge on any atom is 0.155 e. The summed E-state index contributed by atoms with van der Waals surface area (Å²) in [5.74, 6) is 1.65. The molecule has 0 saturated carbocycles. The molecule has 20 heavy (non-hydrogen) atoms. The summed E-state index contributed by atoms with van der Waals surface area (Å²) in [4.78, 5) is 7.13. The van der Waals surface area contributed by atoms with Crippen molar-refractivity contribution in [3.05, 3.63) is 29.2 Å². The Balaban J connectivity index is 1.65. The Kier molecular flexibility index (Phi) is 3.94. The van der Waals surface area contributed by atoms with Crippen LogP contribution in [0.2, 0.25) is 5.02 Å². The molecule has 3 heterocycles. The number of halogens is 1. The minimum absolute atomic E-state index is 0.659. The Morgan fingerprint density at radius 3 is 2.75 bits per heavy atom. The molecular formula is C15H21ClN4. The smallest absolute Gasteiger partial charge is 0.155 e. The van der Waals surface area contributed by atoms with Gasteiger partial charge in [-0.15, -0.1) is 0 Å². The summed E-state index contributed by atoms with van der Waals surface area (Å²) in [6, 6.07) is 4.43. The molecule has 0 atom stereocenters. The lowest BCUT2D eigenvalue weighted by Crippen LogP contribution is -2.38. The lowest BCUT2D eigenvalue weighted by Gasteiger charge is -2.34. The van der Waals surface area contributed by atoms with Gasteiger partial charge in [0.05, 0.1) is 5.02 Å². The van der Waals surface area contributed by atoms with Gasteiger partial charge in [0.25, 0.3) is 0 Å². The van der Waals surface area contributed by atoms with E-state index < -0.39 is 0 Å². The number of hydrogen-bond acceptors (Lipinski definition) is 3. The molecule has 4 nitrogen and oxygen atoms in total. The van der Waals surface area contributed by atoms with Gasteiger partial charge in [0.15, 0.2) is 11.5 Å². The number of piperidine rings is 1. The number of aromatic nitrogens is 3. The molecule has 0 aliphatic carbocycles. The summed E-state index contributed by atoms with van der Waals surface area (Å²) >= 11 is 5.97. The fraction of sp³-hybridized carbons (Fsp3) is 0.600. The van der Waals surface area contributed by atoms with E-state index in [0.29, 0.717) is 17.0 Å². The van der Waals surface area contributed by atoms with Crippen LogP contribution in [0.4, 0.5) is 0 Å². The zero-order valence-electron chi connectivity index (χ0n) is 12.1. The largest absolute Gasteiger partial charge is 0.301 e. The minimum atomic E-state index is 0.659. The van der Waals surface area contributed by atoms with Crippen LogP contribution in [0, 0.1) is 5.92 Å². The maximum absolute atomic E-state index is 5.97. The first-order valence-corrected chi connectivity index (χ1v) is 7.74. The van der Waals surface area contributed by atoms with Crippen molar-refractivity contribution in [3.63, 3.8) is 0 Å². The molecule has 2 aromatic heterocycles. The van der Waals surface area contributed by atoms with E-state index in [1.807, 2.05) is 18.3 Å². The Labute approximate surface area is 124 Å². The number of pyridine rings is 1. The Hall–Kier alpha value is -1.13. The van der Waals surface area contributed by atoms with Crippen molar-refractivity contribution in [2.24, 2.45) is 5.92 Å². The van der Waals surface area contributed by atoms with Gasteiger partial charge in [0.1, 0.15) is 0 Å². The van der Waals surface area contributed by atoms with Gasteiger partial charge in [0.2, 0.25) is 0 Å². The second-order valence-corrected chi connectivity index (χ2v) is 6.39. The van der Waals surface area contributed by atoms with Crippen LogP contribution in [0.15, 0.2) is 18.3 Å². The molecule has 5 heteroatoms. The lowest BCUT2D eigenvalue weighted by molar-refractivity contribution is 0.148. The van der Waals surface area contributed by atoms with E-state index >= 15 is 0 Å². The third kappa shape index (κ3) is 2.96. The van der Waals surface area contributed by atoms with Gasteiger partial charge < -0.3 is 4.90 Å². The van der Waals surface area contributed by atoms with Crippen molar-refractivity contribution in [3.8, 4) is 0 Å². The normalized spacial score (nSPS) is 18.2. The van der Waals surface area contributed by atoms with Crippen molar-refractivity contribution in [2.75, 3.05) is 13.1 Å². The number of likely N-dealkylation sites (tertiary alicyclic amines) is 1. The van der Waals surface area contributed by atoms with Gasteiger partial charge in [0, 0.05) is 18.7 Å². The average Bonchev–Trinajstić information content (AvgIpc) is 2.80. The summed E-state index contributed by atoms with van der Waals surface area (Å²) in [6.45, 7) is 6.94. The molecule has 0 spiro atoms. The molecule has 1 aliphatic rings. The van der Waals surface area contributed by atoms with Crippen LogP contribution in [0.5, 0.6) is 0 Å². The fourth-order valence-electron chi connectivity index (χ4n) is 2.92. The summed E-state index contributed by atoms with van der Waals surface area (Å²) in [6.07, 6.45) is 5.28. The molecule has 0 unspecified atom stereocenters. The van der Waals surface area contributed by atoms with E-state index in [1.54, 1.807) is 4.52 Å². The topological polar surface area (TPSA) is 33.4 Å². The SMILES string of the molecule is CC(C)N1CCC(Cc2nc3ccc(Cl)cn3n2)CC1. The Morgan fingerprint density at radius 2 is 2.05 bits per heavy atom. The van der Waals surface area contributed by atoms with Gasteiger partial charge in [-0.25, -0.2) is 9.50 Å². The van der Waals surface area contributed by atoms with Crippen LogP contribution in [-0.2, 0) is 6.42 Å². The van der Waals surface area contributed by atoms with Crippen LogP contribution in [0.3, 0.4) is 0 Å². The molecule has 0 bridgehead atoms. The van der Waals surface area contributed by atoms with Crippen LogP contribution < -0.4 is 0 Å². The van der Waals surface area contributed by atoms with E-state index in [9.17, 15) is 0 Å². The van der Waals surface area contributed by atoms with Crippen LogP contribution in [0.1, 0.15) is 32.5 Å². The average molecular weight is 293 g/mol. The first-order chi connectivity index (χ1) is 9.61. The summed E-state index contributed by atoms with van der Waals surface area (Å²) in [7, 11) is 0. The molecule has 1 aliphatic heterocycles. The van der Waals surface area contributed by atoms with Crippen LogP contribution >= 0.6 is 11.6 Å². The third-order valence-corrected chi connectivity index (χ3v) is 4.41. The van der Waals surface area contributed by atoms with Gasteiger partial charge >= 0.3 is 0 Å². The number of hydrogen-bond donors (Lipinski definition) is 0. The molecule has 1 saturated heterocycles. The van der Waals surface area contributed by atoms with E-state index in [2.05, 4.69) is 28.8 Å². The summed E-state index contributed by atoms with van der Waals surface area (Å²) in [5, 5.41) is 5.22. The van der Waals surface area contributed by atoms with Gasteiger partial charge in [-0.1, -0.05) is 11.6 Å². The van der Waals surface area contributed by atoms with E-state index in [-0.39, 0.29) is 0 Å². The fourth-order valence-corrected chi connectivity index (χ4v) is 3.08. The quantitative estimate of drug-likeness (QED) is 0.872. The van der Waals surface area contributed by atoms with Crippen molar-refractivity contribution >= 4 is 17.2 Å². The number of nitrogens with zero attached hydrogens (tertiary/aromatic N) is 4. The summed E-state index contributed by atoms with van der Waals surface area (Å²) in [5.41, 5.74) is 0.879. The van der Waals surface area contributed by atoms with Crippen molar-refractivity contribution in [2.45, 2.75) is 39.2 Å². The zero-order chi connectivity index (χ0) is 14.1. The predicted molar refractivity (Wildman–Crippen MR) is 81.1 cm³/mol. The molecule has 1 fully saturated rings. The highest BCUT2D eigenvalue weighted by Gasteiger charge is 2.22. The molecule has 0 radical (unpaired) electrons. The van der Waals surface area contributed by atoms with Crippen molar-refractivity contribution in [1.82, 2.24) is 19.5 Å². The van der Waals surface area contributed by atoms with Crippen molar-refractivity contribution in [1.29, 1.82) is 0 Å². The molecule has 2 aromatic rings. The van der Waals surface area contributed by atoms with Crippen LogP contribution in [-0.4, -0.2) is 38.6 Å². The molecule has 3 rings (SSSR count). The second kappa shape index (κ2) is 5.70. The Morgan fingerprint density at radius 1 is 1.30 bits per heavy atom. The highest BCUT2D eigenvalue weighted by Crippen LogP contribution is 2.22. The first-order valence-electron chi connectivity index (χ1n) is 7.36. The molecule has 0 amide bonds. The molecule has 0 N–H and O–H groups in total. The molecular weight excluding hydrogens is 272 g/mol. The van der Waals surface area contributed by atoms with E-state index in [4.69, 9.17) is 11.6 Å². The van der Waals surface area contributed by atoms with Crippen molar-refractivity contribution < 1.29 is 0 Å². The summed E-state index contributed by atoms with van der Waals surface area (Å²) < 4.78 is 1.78. The molecule has 108 valence electrons. The second-order valence-electron chi connectivity index (χ2n) is 5.96. The lowest BCUT2D eigenvalue weighted by atomic mass is 9.93. The highest BCUT2D eigenvalue weighted by molar-refractivity contribution is 6.30. The molecule has 0 aromatic carbocycles. The number of fused-ring (bicyclic) bond motifs is 1. The Bertz CT molecular complexity index is 585. The van der Waals surface area contributed by atoms with E-state index in [0.717, 1.165) is 17.9 Å². The van der Waals surface area contributed by atoms with Gasteiger partial charge in [-0.3, -0.25) is 0 Å². The maximum atomic E-state index is 5.97. The number of rotatable bonds is 3. The first kappa shape index (κ1) is 13.8. The van der Waals surface area contributed by atoms with Crippen LogP contribution in [0.25, 0.3) is 5.65 Å². The zero-order valence-corrected chi connectivity index (χ0v) is 12.8. The monoisotopic (exact) mass is 292 g/mol. The predicted octanol–water partition coefficient (Wildman–Crippen LogP) is 3.05. The third-order valence-electron chi connectivity index (χ3n) is 4.19. The van der Waals surface area contributed by atoms with E-state index in [1.165, 1.54) is 25.9 Å².